The molecule has 5 heteroatoms. The Morgan fingerprint density at radius 1 is 1.38 bits per heavy atom. The van der Waals surface area contributed by atoms with Crippen LogP contribution in [0, 0.1) is 0 Å². The molecule has 0 saturated heterocycles. The predicted octanol–water partition coefficient (Wildman–Crippen LogP) is 1.90. The number of carboxylic acid groups (broad SMARTS) is 1. The van der Waals surface area contributed by atoms with E-state index in [1.54, 1.807) is 24.3 Å². The number of benzene rings is 1. The van der Waals surface area contributed by atoms with Crippen molar-refractivity contribution in [2.75, 3.05) is 0 Å². The standard InChI is InChI=1S/C11H10ClNO3/c1-7(14)13-10(11(15)16)6-8-4-2-3-5-9(8)12/h2-6H,1H3,(H,13,14)(H,15,16). The van der Waals surface area contributed by atoms with Gasteiger partial charge in [-0.2, -0.15) is 0 Å². The SMILES string of the molecule is CC(=O)NC(=Cc1ccccc1Cl)C(=O)O. The largest absolute Gasteiger partial charge is 0.477 e. The molecule has 0 unspecified atom stereocenters. The second kappa shape index (κ2) is 5.32. The molecule has 1 aromatic rings. The number of halogens is 1. The van der Waals surface area contributed by atoms with Crippen LogP contribution in [0.3, 0.4) is 0 Å². The summed E-state index contributed by atoms with van der Waals surface area (Å²) >= 11 is 5.86. The second-order valence-corrected chi connectivity index (χ2v) is 3.47. The van der Waals surface area contributed by atoms with Crippen LogP contribution in [0.15, 0.2) is 30.0 Å². The van der Waals surface area contributed by atoms with Crippen LogP contribution in [0.4, 0.5) is 0 Å². The predicted molar refractivity (Wildman–Crippen MR) is 60.9 cm³/mol. The highest BCUT2D eigenvalue weighted by molar-refractivity contribution is 6.32. The summed E-state index contributed by atoms with van der Waals surface area (Å²) in [7, 11) is 0. The van der Waals surface area contributed by atoms with Gasteiger partial charge < -0.3 is 10.4 Å². The molecule has 4 nitrogen and oxygen atoms in total. The molecule has 0 radical (unpaired) electrons. The number of hydrogen-bond acceptors (Lipinski definition) is 2. The zero-order chi connectivity index (χ0) is 12.1. The van der Waals surface area contributed by atoms with Gasteiger partial charge in [0.25, 0.3) is 0 Å². The van der Waals surface area contributed by atoms with Crippen molar-refractivity contribution in [2.45, 2.75) is 6.92 Å². The van der Waals surface area contributed by atoms with Crippen molar-refractivity contribution in [1.82, 2.24) is 5.32 Å². The molecule has 0 heterocycles. The quantitative estimate of drug-likeness (QED) is 0.792. The lowest BCUT2D eigenvalue weighted by atomic mass is 10.2. The Balaban J connectivity index is 3.07. The highest BCUT2D eigenvalue weighted by Gasteiger charge is 2.09. The van der Waals surface area contributed by atoms with Gasteiger partial charge in [0.15, 0.2) is 0 Å². The van der Waals surface area contributed by atoms with E-state index in [2.05, 4.69) is 5.32 Å². The fraction of sp³-hybridized carbons (Fsp3) is 0.0909. The third-order valence-corrected chi connectivity index (χ3v) is 2.09. The van der Waals surface area contributed by atoms with Gasteiger partial charge in [0, 0.05) is 11.9 Å². The molecule has 1 aromatic carbocycles. The van der Waals surface area contributed by atoms with Crippen LogP contribution in [0.25, 0.3) is 6.08 Å². The molecule has 0 aliphatic carbocycles. The van der Waals surface area contributed by atoms with Gasteiger partial charge in [-0.15, -0.1) is 0 Å². The average Bonchev–Trinajstić information content (AvgIpc) is 2.19. The maximum absolute atomic E-state index is 10.8. The zero-order valence-electron chi connectivity index (χ0n) is 8.53. The molecule has 0 aliphatic rings. The topological polar surface area (TPSA) is 66.4 Å². The van der Waals surface area contributed by atoms with E-state index in [0.29, 0.717) is 10.6 Å². The Labute approximate surface area is 97.5 Å². The van der Waals surface area contributed by atoms with Crippen LogP contribution in [0.2, 0.25) is 5.02 Å². The fourth-order valence-electron chi connectivity index (χ4n) is 1.09. The molecular formula is C11H10ClNO3. The van der Waals surface area contributed by atoms with Gasteiger partial charge in [0.1, 0.15) is 5.70 Å². The van der Waals surface area contributed by atoms with Crippen molar-refractivity contribution in [3.8, 4) is 0 Å². The normalized spacial score (nSPS) is 11.0. The molecule has 1 amide bonds. The Morgan fingerprint density at radius 3 is 2.50 bits per heavy atom. The lowest BCUT2D eigenvalue weighted by molar-refractivity contribution is -0.134. The second-order valence-electron chi connectivity index (χ2n) is 3.07. The highest BCUT2D eigenvalue weighted by Crippen LogP contribution is 2.17. The molecule has 16 heavy (non-hydrogen) atoms. The molecule has 0 atom stereocenters. The third kappa shape index (κ3) is 3.40. The van der Waals surface area contributed by atoms with E-state index in [1.807, 2.05) is 0 Å². The minimum atomic E-state index is -1.21. The number of carbonyl (C=O) groups excluding carboxylic acids is 1. The smallest absolute Gasteiger partial charge is 0.352 e. The summed E-state index contributed by atoms with van der Waals surface area (Å²) in [5.41, 5.74) is 0.330. The summed E-state index contributed by atoms with van der Waals surface area (Å²) in [5.74, 6) is -1.66. The van der Waals surface area contributed by atoms with Crippen LogP contribution in [0.5, 0.6) is 0 Å². The Hall–Kier alpha value is -1.81. The number of aliphatic carboxylic acids is 1. The Morgan fingerprint density at radius 2 is 2.00 bits per heavy atom. The van der Waals surface area contributed by atoms with Gasteiger partial charge in [0.2, 0.25) is 5.91 Å². The monoisotopic (exact) mass is 239 g/mol. The molecule has 0 fully saturated rings. The molecule has 0 aromatic heterocycles. The van der Waals surface area contributed by atoms with Crippen molar-refractivity contribution in [3.05, 3.63) is 40.5 Å². The van der Waals surface area contributed by atoms with E-state index in [-0.39, 0.29) is 5.70 Å². The van der Waals surface area contributed by atoms with Crippen LogP contribution < -0.4 is 5.32 Å². The number of rotatable bonds is 3. The molecule has 2 N–H and O–H groups in total. The first-order chi connectivity index (χ1) is 7.50. The number of nitrogens with one attached hydrogen (secondary N) is 1. The van der Waals surface area contributed by atoms with E-state index in [0.717, 1.165) is 0 Å². The average molecular weight is 240 g/mol. The first-order valence-electron chi connectivity index (χ1n) is 4.48. The van der Waals surface area contributed by atoms with Crippen molar-refractivity contribution < 1.29 is 14.7 Å². The summed E-state index contributed by atoms with van der Waals surface area (Å²) < 4.78 is 0. The number of carboxylic acids is 1. The van der Waals surface area contributed by atoms with Gasteiger partial charge in [-0.3, -0.25) is 4.79 Å². The number of amides is 1. The van der Waals surface area contributed by atoms with Crippen molar-refractivity contribution >= 4 is 29.6 Å². The molecule has 1 rings (SSSR count). The summed E-state index contributed by atoms with van der Waals surface area (Å²) in [6.45, 7) is 1.24. The minimum absolute atomic E-state index is 0.208. The van der Waals surface area contributed by atoms with Gasteiger partial charge in [-0.25, -0.2) is 4.79 Å². The van der Waals surface area contributed by atoms with Crippen LogP contribution >= 0.6 is 11.6 Å². The maximum Gasteiger partial charge on any atom is 0.352 e. The first kappa shape index (κ1) is 12.3. The lowest BCUT2D eigenvalue weighted by Gasteiger charge is -2.03. The highest BCUT2D eigenvalue weighted by atomic mass is 35.5. The fourth-order valence-corrected chi connectivity index (χ4v) is 1.28. The summed E-state index contributed by atoms with van der Waals surface area (Å²) in [4.78, 5) is 21.6. The van der Waals surface area contributed by atoms with Gasteiger partial charge in [-0.1, -0.05) is 29.8 Å². The van der Waals surface area contributed by atoms with E-state index < -0.39 is 11.9 Å². The van der Waals surface area contributed by atoms with Crippen molar-refractivity contribution in [3.63, 3.8) is 0 Å². The van der Waals surface area contributed by atoms with Crippen molar-refractivity contribution in [2.24, 2.45) is 0 Å². The Kier molecular flexibility index (Phi) is 4.08. The van der Waals surface area contributed by atoms with E-state index in [4.69, 9.17) is 16.7 Å². The minimum Gasteiger partial charge on any atom is -0.477 e. The zero-order valence-corrected chi connectivity index (χ0v) is 9.28. The van der Waals surface area contributed by atoms with Gasteiger partial charge in [0.05, 0.1) is 0 Å². The molecular weight excluding hydrogens is 230 g/mol. The molecule has 84 valence electrons. The van der Waals surface area contributed by atoms with Crippen molar-refractivity contribution in [1.29, 1.82) is 0 Å². The Bertz CT molecular complexity index is 454. The number of hydrogen-bond donors (Lipinski definition) is 2. The van der Waals surface area contributed by atoms with E-state index in [9.17, 15) is 9.59 Å². The van der Waals surface area contributed by atoms with Crippen LogP contribution in [-0.4, -0.2) is 17.0 Å². The molecule has 0 spiro atoms. The van der Waals surface area contributed by atoms with E-state index in [1.165, 1.54) is 13.0 Å². The molecule has 0 aliphatic heterocycles. The number of carbonyl (C=O) groups is 2. The van der Waals surface area contributed by atoms with Gasteiger partial charge >= 0.3 is 5.97 Å². The maximum atomic E-state index is 10.8. The summed E-state index contributed by atoms with van der Waals surface area (Å²) in [5, 5.41) is 11.5. The van der Waals surface area contributed by atoms with Crippen LogP contribution in [-0.2, 0) is 9.59 Å². The molecule has 0 saturated carbocycles. The molecule has 0 bridgehead atoms. The third-order valence-electron chi connectivity index (χ3n) is 1.75. The summed E-state index contributed by atoms with van der Waals surface area (Å²) in [6, 6.07) is 6.76. The lowest BCUT2D eigenvalue weighted by Crippen LogP contribution is -2.24. The van der Waals surface area contributed by atoms with Crippen LogP contribution in [0.1, 0.15) is 12.5 Å². The van der Waals surface area contributed by atoms with E-state index >= 15 is 0 Å². The van der Waals surface area contributed by atoms with Gasteiger partial charge in [-0.05, 0) is 17.7 Å². The summed E-state index contributed by atoms with van der Waals surface area (Å²) in [6.07, 6.45) is 1.31. The first-order valence-corrected chi connectivity index (χ1v) is 4.85.